The summed E-state index contributed by atoms with van der Waals surface area (Å²) in [5.74, 6) is 19.0. The second-order valence-corrected chi connectivity index (χ2v) is 3.92. The quantitative estimate of drug-likeness (QED) is 0.518. The number of hydrogen-bond acceptors (Lipinski definition) is 6. The molecule has 0 aliphatic carbocycles. The zero-order valence-electron chi connectivity index (χ0n) is 16.8. The largest absolute Gasteiger partial charge is 0.450 e. The van der Waals surface area contributed by atoms with Crippen LogP contribution in [0, 0.1) is 47.4 Å². The smallest absolute Gasteiger partial charge is 0.407 e. The Morgan fingerprint density at radius 3 is 1.25 bits per heavy atom. The van der Waals surface area contributed by atoms with E-state index in [9.17, 15) is 9.59 Å². The maximum Gasteiger partial charge on any atom is 0.407 e. The Kier molecular flexibility index (Phi) is 30.0. The average molecular weight is 392 g/mol. The predicted octanol–water partition coefficient (Wildman–Crippen LogP) is 0.489. The topological polar surface area (TPSA) is 117 Å². The number of aliphatic hydroxyl groups excluding tert-OH is 2. The van der Waals surface area contributed by atoms with Crippen LogP contribution in [0.3, 0.4) is 0 Å². The summed E-state index contributed by atoms with van der Waals surface area (Å²) in [7, 11) is 0. The molecular weight excluding hydrogens is 364 g/mol. The summed E-state index contributed by atoms with van der Waals surface area (Å²) in [4.78, 5) is 20.6. The van der Waals surface area contributed by atoms with E-state index in [0.29, 0.717) is 26.3 Å². The molecule has 4 N–H and O–H groups in total. The summed E-state index contributed by atoms with van der Waals surface area (Å²) >= 11 is 0. The van der Waals surface area contributed by atoms with Gasteiger partial charge in [-0.15, -0.1) is 0 Å². The number of alkyl carbamates (subject to hydrolysis) is 2. The average Bonchev–Trinajstić information content (AvgIpc) is 2.66. The second kappa shape index (κ2) is 28.5. The van der Waals surface area contributed by atoms with Crippen molar-refractivity contribution < 1.29 is 29.3 Å². The minimum absolute atomic E-state index is 0.202. The molecule has 8 nitrogen and oxygen atoms in total. The van der Waals surface area contributed by atoms with Crippen molar-refractivity contribution in [2.45, 2.75) is 27.7 Å². The number of rotatable bonds is 4. The number of amides is 2. The van der Waals surface area contributed by atoms with Crippen LogP contribution in [-0.2, 0) is 9.47 Å². The van der Waals surface area contributed by atoms with Gasteiger partial charge in [-0.2, -0.15) is 0 Å². The second-order valence-electron chi connectivity index (χ2n) is 3.92. The summed E-state index contributed by atoms with van der Waals surface area (Å²) in [6, 6.07) is 0. The van der Waals surface area contributed by atoms with Crippen LogP contribution in [0.15, 0.2) is 0 Å². The minimum atomic E-state index is -0.338. The highest BCUT2D eigenvalue weighted by molar-refractivity contribution is 5.67. The molecule has 0 spiro atoms. The first-order chi connectivity index (χ1) is 13.5. The first-order valence-corrected chi connectivity index (χ1v) is 8.52. The zero-order valence-corrected chi connectivity index (χ0v) is 16.8. The van der Waals surface area contributed by atoms with E-state index in [4.69, 9.17) is 10.2 Å². The van der Waals surface area contributed by atoms with Crippen LogP contribution in [0.4, 0.5) is 9.59 Å². The van der Waals surface area contributed by atoms with E-state index in [1.54, 1.807) is 13.8 Å². The predicted molar refractivity (Wildman–Crippen MR) is 107 cm³/mol. The standard InChI is InChI=1S/C10H6O2.2C5H11NO2/c11-9-7-5-3-1-2-4-6-8-10-12;2*1-3-6-5(7)8-4-2/h11-12H,9-10H2;2*3-4H2,1-2H3,(H,6,7). The van der Waals surface area contributed by atoms with Gasteiger partial charge in [-0.1, -0.05) is 11.8 Å². The molecule has 0 unspecified atom stereocenters. The molecule has 0 radical (unpaired) electrons. The Morgan fingerprint density at radius 1 is 0.679 bits per heavy atom. The highest BCUT2D eigenvalue weighted by Crippen LogP contribution is 1.73. The summed E-state index contributed by atoms with van der Waals surface area (Å²) in [5.41, 5.74) is 0. The van der Waals surface area contributed by atoms with Gasteiger partial charge in [0.15, 0.2) is 0 Å². The van der Waals surface area contributed by atoms with Crippen molar-refractivity contribution in [2.24, 2.45) is 0 Å². The van der Waals surface area contributed by atoms with E-state index >= 15 is 0 Å². The van der Waals surface area contributed by atoms with Crippen LogP contribution < -0.4 is 10.6 Å². The third-order valence-corrected chi connectivity index (χ3v) is 1.84. The highest BCUT2D eigenvalue weighted by Gasteiger charge is 1.93. The fraction of sp³-hybridized carbons (Fsp3) is 0.500. The van der Waals surface area contributed by atoms with Crippen LogP contribution in [0.1, 0.15) is 27.7 Å². The SMILES string of the molecule is CCNC(=O)OCC.CCNC(=O)OCC.OCC#CC#CC#CC#CCO. The molecule has 0 fully saturated rings. The lowest BCUT2D eigenvalue weighted by Crippen LogP contribution is -2.23. The monoisotopic (exact) mass is 392 g/mol. The number of carbonyl (C=O) groups is 2. The van der Waals surface area contributed by atoms with E-state index in [-0.39, 0.29) is 25.4 Å². The molecule has 0 atom stereocenters. The van der Waals surface area contributed by atoms with Gasteiger partial charge in [-0.05, 0) is 63.2 Å². The van der Waals surface area contributed by atoms with Crippen molar-refractivity contribution in [3.63, 3.8) is 0 Å². The van der Waals surface area contributed by atoms with Crippen LogP contribution in [0.25, 0.3) is 0 Å². The molecule has 0 aromatic heterocycles. The van der Waals surface area contributed by atoms with Crippen LogP contribution in [-0.4, -0.2) is 61.9 Å². The van der Waals surface area contributed by atoms with Crippen molar-refractivity contribution in [3.05, 3.63) is 0 Å². The number of aliphatic hydroxyl groups is 2. The molecule has 0 heterocycles. The van der Waals surface area contributed by atoms with Gasteiger partial charge >= 0.3 is 12.2 Å². The fourth-order valence-corrected chi connectivity index (χ4v) is 0.945. The summed E-state index contributed by atoms with van der Waals surface area (Å²) in [6.45, 7) is 8.95. The van der Waals surface area contributed by atoms with Crippen LogP contribution in [0.5, 0.6) is 0 Å². The molecule has 0 rings (SSSR count). The zero-order chi connectivity index (χ0) is 21.9. The Balaban J connectivity index is -0.000000347. The molecular formula is C20H28N2O6. The molecule has 2 amide bonds. The molecule has 0 saturated carbocycles. The lowest BCUT2D eigenvalue weighted by atomic mass is 10.5. The third-order valence-electron chi connectivity index (χ3n) is 1.84. The maximum atomic E-state index is 10.3. The van der Waals surface area contributed by atoms with Gasteiger partial charge < -0.3 is 30.3 Å². The van der Waals surface area contributed by atoms with Gasteiger partial charge in [0, 0.05) is 13.1 Å². The van der Waals surface area contributed by atoms with Gasteiger partial charge in [0.2, 0.25) is 0 Å². The van der Waals surface area contributed by atoms with Crippen molar-refractivity contribution in [1.82, 2.24) is 10.6 Å². The number of ether oxygens (including phenoxy) is 2. The van der Waals surface area contributed by atoms with Crippen LogP contribution in [0.2, 0.25) is 0 Å². The van der Waals surface area contributed by atoms with E-state index in [1.807, 2.05) is 13.8 Å². The Hall–Kier alpha value is -3.30. The van der Waals surface area contributed by atoms with E-state index in [2.05, 4.69) is 67.5 Å². The lowest BCUT2D eigenvalue weighted by molar-refractivity contribution is 0.152. The highest BCUT2D eigenvalue weighted by atomic mass is 16.5. The molecule has 0 saturated heterocycles. The Morgan fingerprint density at radius 2 is 1.00 bits per heavy atom. The molecule has 154 valence electrons. The van der Waals surface area contributed by atoms with Gasteiger partial charge in [0.25, 0.3) is 0 Å². The van der Waals surface area contributed by atoms with Gasteiger partial charge in [-0.3, -0.25) is 0 Å². The molecule has 28 heavy (non-hydrogen) atoms. The van der Waals surface area contributed by atoms with Crippen molar-refractivity contribution in [3.8, 4) is 47.4 Å². The minimum Gasteiger partial charge on any atom is -0.450 e. The third kappa shape index (κ3) is 34.1. The van der Waals surface area contributed by atoms with E-state index in [0.717, 1.165) is 0 Å². The molecule has 0 aromatic carbocycles. The first-order valence-electron chi connectivity index (χ1n) is 8.52. The van der Waals surface area contributed by atoms with E-state index < -0.39 is 0 Å². The first kappa shape index (κ1) is 29.5. The van der Waals surface area contributed by atoms with Crippen molar-refractivity contribution in [2.75, 3.05) is 39.5 Å². The number of carbonyl (C=O) groups excluding carboxylic acids is 2. The molecule has 0 bridgehead atoms. The lowest BCUT2D eigenvalue weighted by Gasteiger charge is -1.99. The fourth-order valence-electron chi connectivity index (χ4n) is 0.945. The van der Waals surface area contributed by atoms with Gasteiger partial charge in [-0.25, -0.2) is 9.59 Å². The van der Waals surface area contributed by atoms with Gasteiger partial charge in [0.1, 0.15) is 13.2 Å². The molecule has 0 aliphatic heterocycles. The molecule has 0 aliphatic rings. The summed E-state index contributed by atoms with van der Waals surface area (Å²) in [5, 5.41) is 21.4. The maximum absolute atomic E-state index is 10.3. The van der Waals surface area contributed by atoms with E-state index in [1.165, 1.54) is 0 Å². The Bertz CT molecular complexity index is 571. The number of hydrogen-bond donors (Lipinski definition) is 4. The van der Waals surface area contributed by atoms with Crippen molar-refractivity contribution >= 4 is 12.2 Å². The number of nitrogens with one attached hydrogen (secondary N) is 2. The normalized spacial score (nSPS) is 6.93. The summed E-state index contributed by atoms with van der Waals surface area (Å²) in [6.07, 6.45) is -0.676. The van der Waals surface area contributed by atoms with Crippen molar-refractivity contribution in [1.29, 1.82) is 0 Å². The molecule has 8 heteroatoms. The van der Waals surface area contributed by atoms with Gasteiger partial charge in [0.05, 0.1) is 13.2 Å². The molecule has 0 aromatic rings. The Labute approximate surface area is 167 Å². The van der Waals surface area contributed by atoms with Crippen LogP contribution >= 0.6 is 0 Å². The summed E-state index contributed by atoms with van der Waals surface area (Å²) < 4.78 is 9.06.